The van der Waals surface area contributed by atoms with Crippen molar-refractivity contribution in [2.24, 2.45) is 0 Å². The van der Waals surface area contributed by atoms with E-state index in [1.807, 2.05) is 0 Å². The van der Waals surface area contributed by atoms with Gasteiger partial charge in [0.1, 0.15) is 5.57 Å². The fourth-order valence-electron chi connectivity index (χ4n) is 2.26. The molecule has 0 radical (unpaired) electrons. The van der Waals surface area contributed by atoms with Crippen LogP contribution in [0.15, 0.2) is 29.5 Å². The topological polar surface area (TPSA) is 79.0 Å². The lowest BCUT2D eigenvalue weighted by Crippen LogP contribution is -2.56. The number of carbonyl (C=O) groups is 3. The zero-order valence-corrected chi connectivity index (χ0v) is 15.4. The molecule has 0 saturated carbocycles. The summed E-state index contributed by atoms with van der Waals surface area (Å²) in [6.45, 7) is 3.85. The van der Waals surface area contributed by atoms with Crippen LogP contribution >= 0.6 is 23.2 Å². The maximum Gasteiger partial charge on any atom is 0.338 e. The Kier molecular flexibility index (Phi) is 6.05. The average Bonchev–Trinajstić information content (AvgIpc) is 2.59. The Bertz CT molecular complexity index is 764. The molecule has 0 atom stereocenters. The van der Waals surface area contributed by atoms with E-state index in [0.29, 0.717) is 18.7 Å². The molecule has 1 N–H and O–H groups in total. The molecule has 1 aliphatic rings. The first-order valence-corrected chi connectivity index (χ1v) is 8.31. The minimum Gasteiger partial charge on any atom is -0.277 e. The van der Waals surface area contributed by atoms with E-state index in [-0.39, 0.29) is 21.3 Å². The summed E-state index contributed by atoms with van der Waals surface area (Å²) in [6.07, 6.45) is 0.337. The number of carbonyl (C=O) groups excluding carboxylic acids is 3. The Balaban J connectivity index is 2.55. The van der Waals surface area contributed by atoms with Crippen LogP contribution in [0.4, 0.5) is 10.5 Å². The van der Waals surface area contributed by atoms with Crippen molar-refractivity contribution in [2.75, 3.05) is 18.6 Å². The molecule has 1 heterocycles. The summed E-state index contributed by atoms with van der Waals surface area (Å²) in [4.78, 5) is 44.7. The molecule has 0 aromatic heterocycles. The van der Waals surface area contributed by atoms with Crippen molar-refractivity contribution < 1.29 is 19.2 Å². The average molecular weight is 386 g/mol. The Labute approximate surface area is 155 Å². The molecule has 1 aromatic rings. The number of nitrogens with one attached hydrogen (secondary N) is 1. The second kappa shape index (κ2) is 7.86. The number of imide groups is 2. The van der Waals surface area contributed by atoms with Gasteiger partial charge in [0.15, 0.2) is 0 Å². The summed E-state index contributed by atoms with van der Waals surface area (Å²) in [5.41, 5.74) is 2.95. The van der Waals surface area contributed by atoms with Gasteiger partial charge in [-0.05, 0) is 31.5 Å². The van der Waals surface area contributed by atoms with Crippen molar-refractivity contribution >= 4 is 46.7 Å². The lowest BCUT2D eigenvalue weighted by atomic mass is 10.1. The summed E-state index contributed by atoms with van der Waals surface area (Å²) in [5, 5.41) is 0.475. The van der Waals surface area contributed by atoms with Crippen molar-refractivity contribution in [3.05, 3.63) is 39.5 Å². The summed E-state index contributed by atoms with van der Waals surface area (Å²) in [6, 6.07) is 3.57. The van der Waals surface area contributed by atoms with Gasteiger partial charge in [-0.25, -0.2) is 9.69 Å². The third-order valence-electron chi connectivity index (χ3n) is 3.57. The number of hydrogen-bond acceptors (Lipinski definition) is 5. The highest BCUT2D eigenvalue weighted by Gasteiger charge is 2.42. The number of benzene rings is 1. The third kappa shape index (κ3) is 3.63. The van der Waals surface area contributed by atoms with E-state index in [1.54, 1.807) is 13.8 Å². The lowest BCUT2D eigenvalue weighted by molar-refractivity contribution is -0.128. The van der Waals surface area contributed by atoms with Gasteiger partial charge in [-0.15, -0.1) is 0 Å². The number of barbiturate groups is 1. The minimum atomic E-state index is -0.774. The molecule has 1 fully saturated rings. The molecule has 7 nitrogen and oxygen atoms in total. The van der Waals surface area contributed by atoms with Crippen LogP contribution in [0, 0.1) is 0 Å². The van der Waals surface area contributed by atoms with Gasteiger partial charge in [0.25, 0.3) is 11.8 Å². The van der Waals surface area contributed by atoms with E-state index in [4.69, 9.17) is 28.0 Å². The van der Waals surface area contributed by atoms with Crippen LogP contribution in [0.3, 0.4) is 0 Å². The number of likely N-dealkylation sites (N-methyl/N-ethyl adjacent to an activating group) is 1. The third-order valence-corrected chi connectivity index (χ3v) is 4.31. The minimum absolute atomic E-state index is 0.163. The Hall–Kier alpha value is -2.09. The zero-order chi connectivity index (χ0) is 18.7. The monoisotopic (exact) mass is 385 g/mol. The lowest BCUT2D eigenvalue weighted by Gasteiger charge is -2.32. The molecule has 1 aliphatic heterocycles. The molecule has 0 bridgehead atoms. The molecule has 25 heavy (non-hydrogen) atoms. The SMILES string of the molecule is CCON/C(CC)=C1\C(=O)N(C)C(=O)N(c2ccc(Cl)c(Cl)c2)C1=O. The van der Waals surface area contributed by atoms with E-state index < -0.39 is 17.8 Å². The van der Waals surface area contributed by atoms with Crippen molar-refractivity contribution in [3.63, 3.8) is 0 Å². The predicted molar refractivity (Wildman–Crippen MR) is 94.2 cm³/mol. The molecular formula is C16H17Cl2N3O4. The Morgan fingerprint density at radius 3 is 2.36 bits per heavy atom. The second-order valence-electron chi connectivity index (χ2n) is 5.13. The zero-order valence-electron chi connectivity index (χ0n) is 13.9. The molecule has 0 aliphatic carbocycles. The van der Waals surface area contributed by atoms with E-state index >= 15 is 0 Å². The van der Waals surface area contributed by atoms with E-state index in [9.17, 15) is 14.4 Å². The number of amides is 4. The standard InChI is InChI=1S/C16H17Cl2N3O4/c1-4-12(19-25-5-2)13-14(22)20(3)16(24)21(15(13)23)9-6-7-10(17)11(18)8-9/h6-8,19H,4-5H2,1-3H3/b13-12+. The summed E-state index contributed by atoms with van der Waals surface area (Å²) >= 11 is 11.9. The fourth-order valence-corrected chi connectivity index (χ4v) is 2.56. The number of hydroxylamine groups is 1. The number of allylic oxidation sites excluding steroid dienone is 1. The second-order valence-corrected chi connectivity index (χ2v) is 5.94. The quantitative estimate of drug-likeness (QED) is 0.478. The van der Waals surface area contributed by atoms with Gasteiger partial charge in [-0.1, -0.05) is 30.1 Å². The Morgan fingerprint density at radius 2 is 1.80 bits per heavy atom. The van der Waals surface area contributed by atoms with Gasteiger partial charge in [0, 0.05) is 7.05 Å². The number of hydrogen-bond donors (Lipinski definition) is 1. The number of halogens is 2. The van der Waals surface area contributed by atoms with E-state index in [1.165, 1.54) is 25.2 Å². The maximum atomic E-state index is 12.9. The van der Waals surface area contributed by atoms with Crippen LogP contribution in [0.5, 0.6) is 0 Å². The first-order chi connectivity index (χ1) is 11.8. The van der Waals surface area contributed by atoms with Crippen LogP contribution in [-0.2, 0) is 14.4 Å². The number of nitrogens with zero attached hydrogens (tertiary/aromatic N) is 2. The van der Waals surface area contributed by atoms with Crippen LogP contribution in [0.25, 0.3) is 0 Å². The van der Waals surface area contributed by atoms with Crippen molar-refractivity contribution in [2.45, 2.75) is 20.3 Å². The number of anilines is 1. The highest BCUT2D eigenvalue weighted by atomic mass is 35.5. The highest BCUT2D eigenvalue weighted by molar-refractivity contribution is 6.43. The first-order valence-electron chi connectivity index (χ1n) is 7.55. The van der Waals surface area contributed by atoms with E-state index in [2.05, 4.69) is 5.48 Å². The van der Waals surface area contributed by atoms with Gasteiger partial charge in [-0.2, -0.15) is 0 Å². The van der Waals surface area contributed by atoms with Crippen LogP contribution in [0.2, 0.25) is 10.0 Å². The molecule has 0 unspecified atom stereocenters. The molecular weight excluding hydrogens is 369 g/mol. The van der Waals surface area contributed by atoms with Crippen LogP contribution in [-0.4, -0.2) is 36.4 Å². The maximum absolute atomic E-state index is 12.9. The number of urea groups is 1. The number of rotatable bonds is 5. The first kappa shape index (κ1) is 19.2. The van der Waals surface area contributed by atoms with Gasteiger partial charge >= 0.3 is 6.03 Å². The predicted octanol–water partition coefficient (Wildman–Crippen LogP) is 3.12. The summed E-state index contributed by atoms with van der Waals surface area (Å²) in [5.74, 6) is -1.45. The van der Waals surface area contributed by atoms with Crippen molar-refractivity contribution in [1.82, 2.24) is 10.4 Å². The van der Waals surface area contributed by atoms with Gasteiger partial charge < -0.3 is 0 Å². The molecule has 134 valence electrons. The van der Waals surface area contributed by atoms with E-state index in [0.717, 1.165) is 9.80 Å². The molecule has 4 amide bonds. The molecule has 9 heteroatoms. The van der Waals surface area contributed by atoms with Gasteiger partial charge in [0.05, 0.1) is 28.0 Å². The summed E-state index contributed by atoms with van der Waals surface area (Å²) < 4.78 is 0. The highest BCUT2D eigenvalue weighted by Crippen LogP contribution is 2.31. The smallest absolute Gasteiger partial charge is 0.277 e. The fraction of sp³-hybridized carbons (Fsp3) is 0.312. The molecule has 1 aromatic carbocycles. The normalized spacial score (nSPS) is 17.2. The Morgan fingerprint density at radius 1 is 1.12 bits per heavy atom. The van der Waals surface area contributed by atoms with Crippen LogP contribution < -0.4 is 10.4 Å². The molecule has 2 rings (SSSR count). The molecule has 0 spiro atoms. The summed E-state index contributed by atoms with van der Waals surface area (Å²) in [7, 11) is 1.30. The van der Waals surface area contributed by atoms with Crippen molar-refractivity contribution in [1.29, 1.82) is 0 Å². The van der Waals surface area contributed by atoms with Gasteiger partial charge in [0.2, 0.25) is 0 Å². The van der Waals surface area contributed by atoms with Crippen molar-refractivity contribution in [3.8, 4) is 0 Å². The molecule has 1 saturated heterocycles. The van der Waals surface area contributed by atoms with Gasteiger partial charge in [-0.3, -0.25) is 24.8 Å². The largest absolute Gasteiger partial charge is 0.338 e. The van der Waals surface area contributed by atoms with Crippen LogP contribution in [0.1, 0.15) is 20.3 Å².